The van der Waals surface area contributed by atoms with Gasteiger partial charge in [0.15, 0.2) is 0 Å². The largest absolute Gasteiger partial charge is 0.356 e. The van der Waals surface area contributed by atoms with Gasteiger partial charge in [-0.25, -0.2) is 0 Å². The Morgan fingerprint density at radius 3 is 1.52 bits per heavy atom. The van der Waals surface area contributed by atoms with Crippen molar-refractivity contribution in [3.63, 3.8) is 0 Å². The van der Waals surface area contributed by atoms with Crippen LogP contribution in [0.25, 0.3) is 0 Å². The zero-order valence-electron chi connectivity index (χ0n) is 14.1. The molecule has 2 heteroatoms. The SMILES string of the molecule is CC(C)(C)c1ccc(Nc2ccc([Si](C)(C)C)cc2)cc1. The number of rotatable bonds is 3. The lowest BCUT2D eigenvalue weighted by Crippen LogP contribution is -2.37. The van der Waals surface area contributed by atoms with Crippen LogP contribution in [0.5, 0.6) is 0 Å². The Bertz CT molecular complexity index is 528. The van der Waals surface area contributed by atoms with Crippen LogP contribution in [0.3, 0.4) is 0 Å². The van der Waals surface area contributed by atoms with E-state index in [0.717, 1.165) is 11.4 Å². The van der Waals surface area contributed by atoms with Crippen molar-refractivity contribution in [2.45, 2.75) is 45.8 Å². The van der Waals surface area contributed by atoms with Crippen LogP contribution in [0.1, 0.15) is 26.3 Å². The van der Waals surface area contributed by atoms with Crippen LogP contribution >= 0.6 is 0 Å². The maximum atomic E-state index is 3.48. The summed E-state index contributed by atoms with van der Waals surface area (Å²) in [5, 5.41) is 4.97. The molecule has 2 aromatic carbocycles. The molecule has 1 nitrogen and oxygen atoms in total. The summed E-state index contributed by atoms with van der Waals surface area (Å²) in [6, 6.07) is 17.6. The molecule has 112 valence electrons. The first-order valence-corrected chi connectivity index (χ1v) is 11.1. The van der Waals surface area contributed by atoms with Crippen molar-refractivity contribution in [3.8, 4) is 0 Å². The zero-order chi connectivity index (χ0) is 15.7. The Morgan fingerprint density at radius 1 is 0.714 bits per heavy atom. The summed E-state index contributed by atoms with van der Waals surface area (Å²) < 4.78 is 0. The number of benzene rings is 2. The third kappa shape index (κ3) is 4.21. The minimum Gasteiger partial charge on any atom is -0.356 e. The molecule has 0 unspecified atom stereocenters. The lowest BCUT2D eigenvalue weighted by molar-refractivity contribution is 0.590. The summed E-state index contributed by atoms with van der Waals surface area (Å²) in [7, 11) is -1.20. The number of hydrogen-bond acceptors (Lipinski definition) is 1. The molecule has 0 aliphatic heterocycles. The van der Waals surface area contributed by atoms with E-state index in [9.17, 15) is 0 Å². The smallest absolute Gasteiger partial charge is 0.0775 e. The highest BCUT2D eigenvalue weighted by Crippen LogP contribution is 2.24. The molecule has 0 bridgehead atoms. The summed E-state index contributed by atoms with van der Waals surface area (Å²) >= 11 is 0. The van der Waals surface area contributed by atoms with E-state index in [1.54, 1.807) is 0 Å². The Morgan fingerprint density at radius 2 is 1.14 bits per heavy atom. The Labute approximate surface area is 130 Å². The lowest BCUT2D eigenvalue weighted by atomic mass is 9.87. The Kier molecular flexibility index (Phi) is 4.29. The van der Waals surface area contributed by atoms with E-state index in [1.807, 2.05) is 0 Å². The van der Waals surface area contributed by atoms with Crippen molar-refractivity contribution in [2.75, 3.05) is 5.32 Å². The van der Waals surface area contributed by atoms with Gasteiger partial charge < -0.3 is 5.32 Å². The van der Waals surface area contributed by atoms with Gasteiger partial charge in [0.1, 0.15) is 0 Å². The van der Waals surface area contributed by atoms with Crippen molar-refractivity contribution in [1.29, 1.82) is 0 Å². The van der Waals surface area contributed by atoms with E-state index in [1.165, 1.54) is 10.8 Å². The first kappa shape index (κ1) is 15.8. The molecule has 0 aliphatic carbocycles. The average molecular weight is 298 g/mol. The molecule has 21 heavy (non-hydrogen) atoms. The summed E-state index contributed by atoms with van der Waals surface area (Å²) in [6.45, 7) is 13.8. The second kappa shape index (κ2) is 5.68. The van der Waals surface area contributed by atoms with Gasteiger partial charge in [0, 0.05) is 11.4 Å². The molecule has 0 amide bonds. The van der Waals surface area contributed by atoms with Gasteiger partial charge in [0.25, 0.3) is 0 Å². The molecule has 0 radical (unpaired) electrons. The minimum atomic E-state index is -1.20. The molecule has 0 fully saturated rings. The van der Waals surface area contributed by atoms with E-state index >= 15 is 0 Å². The van der Waals surface area contributed by atoms with Crippen LogP contribution in [0.15, 0.2) is 48.5 Å². The van der Waals surface area contributed by atoms with Crippen LogP contribution in [0.4, 0.5) is 11.4 Å². The Balaban J connectivity index is 2.12. The minimum absolute atomic E-state index is 0.206. The van der Waals surface area contributed by atoms with E-state index in [2.05, 4.69) is 94.3 Å². The van der Waals surface area contributed by atoms with Gasteiger partial charge in [-0.05, 0) is 35.2 Å². The molecule has 2 aromatic rings. The summed E-state index contributed by atoms with van der Waals surface area (Å²) in [6.07, 6.45) is 0. The van der Waals surface area contributed by atoms with Gasteiger partial charge in [-0.2, -0.15) is 0 Å². The summed E-state index contributed by atoms with van der Waals surface area (Å²) in [5.41, 5.74) is 3.86. The third-order valence-electron chi connectivity index (χ3n) is 3.79. The van der Waals surface area contributed by atoms with Crippen molar-refractivity contribution >= 4 is 24.6 Å². The highest BCUT2D eigenvalue weighted by molar-refractivity contribution is 6.88. The topological polar surface area (TPSA) is 12.0 Å². The fourth-order valence-corrected chi connectivity index (χ4v) is 3.44. The van der Waals surface area contributed by atoms with E-state index in [4.69, 9.17) is 0 Å². The van der Waals surface area contributed by atoms with Crippen LogP contribution in [0.2, 0.25) is 19.6 Å². The lowest BCUT2D eigenvalue weighted by Gasteiger charge is -2.19. The maximum Gasteiger partial charge on any atom is 0.0775 e. The maximum absolute atomic E-state index is 3.48. The monoisotopic (exact) mass is 297 g/mol. The predicted molar refractivity (Wildman–Crippen MR) is 97.8 cm³/mol. The first-order valence-electron chi connectivity index (χ1n) is 7.64. The van der Waals surface area contributed by atoms with Gasteiger partial charge in [-0.1, -0.05) is 69.9 Å². The van der Waals surface area contributed by atoms with Crippen molar-refractivity contribution in [2.24, 2.45) is 0 Å². The van der Waals surface area contributed by atoms with Crippen LogP contribution in [-0.2, 0) is 5.41 Å². The molecule has 0 saturated heterocycles. The number of hydrogen-bond donors (Lipinski definition) is 1. The predicted octanol–water partition coefficient (Wildman–Crippen LogP) is 5.27. The molecule has 0 heterocycles. The molecule has 0 spiro atoms. The van der Waals surface area contributed by atoms with Crippen LogP contribution in [0, 0.1) is 0 Å². The third-order valence-corrected chi connectivity index (χ3v) is 5.86. The van der Waals surface area contributed by atoms with Crippen LogP contribution < -0.4 is 10.5 Å². The Hall–Kier alpha value is -1.54. The second-order valence-corrected chi connectivity index (χ2v) is 12.9. The molecule has 0 atom stereocenters. The van der Waals surface area contributed by atoms with Gasteiger partial charge >= 0.3 is 0 Å². The highest BCUT2D eigenvalue weighted by Gasteiger charge is 2.15. The van der Waals surface area contributed by atoms with E-state index in [0.29, 0.717) is 0 Å². The zero-order valence-corrected chi connectivity index (χ0v) is 15.1. The summed E-state index contributed by atoms with van der Waals surface area (Å²) in [5.74, 6) is 0. The average Bonchev–Trinajstić information content (AvgIpc) is 2.38. The van der Waals surface area contributed by atoms with Crippen molar-refractivity contribution in [1.82, 2.24) is 0 Å². The molecule has 0 saturated carbocycles. The first-order chi connectivity index (χ1) is 9.66. The highest BCUT2D eigenvalue weighted by atomic mass is 28.3. The molecule has 1 N–H and O–H groups in total. The molecular weight excluding hydrogens is 270 g/mol. The normalized spacial score (nSPS) is 12.3. The van der Waals surface area contributed by atoms with Gasteiger partial charge in [-0.3, -0.25) is 0 Å². The molecule has 0 aliphatic rings. The fraction of sp³-hybridized carbons (Fsp3) is 0.368. The molecular formula is C19H27NSi. The van der Waals surface area contributed by atoms with Crippen molar-refractivity contribution in [3.05, 3.63) is 54.1 Å². The standard InChI is InChI=1S/C19H27NSi/c1-19(2,3)15-7-9-16(10-8-15)20-17-11-13-18(14-12-17)21(4,5)6/h7-14,20H,1-6H3. The van der Waals surface area contributed by atoms with Gasteiger partial charge in [0.2, 0.25) is 0 Å². The number of nitrogens with one attached hydrogen (secondary N) is 1. The quantitative estimate of drug-likeness (QED) is 0.761. The number of anilines is 2. The van der Waals surface area contributed by atoms with Crippen molar-refractivity contribution < 1.29 is 0 Å². The van der Waals surface area contributed by atoms with Crippen LogP contribution in [-0.4, -0.2) is 8.07 Å². The summed E-state index contributed by atoms with van der Waals surface area (Å²) in [4.78, 5) is 0. The molecule has 0 aromatic heterocycles. The fourth-order valence-electron chi connectivity index (χ4n) is 2.27. The van der Waals surface area contributed by atoms with Gasteiger partial charge in [0.05, 0.1) is 8.07 Å². The second-order valence-electron chi connectivity index (χ2n) is 7.78. The van der Waals surface area contributed by atoms with Gasteiger partial charge in [-0.15, -0.1) is 0 Å². The van der Waals surface area contributed by atoms with E-state index < -0.39 is 8.07 Å². The van der Waals surface area contributed by atoms with E-state index in [-0.39, 0.29) is 5.41 Å². The molecule has 2 rings (SSSR count).